The van der Waals surface area contributed by atoms with Crippen LogP contribution in [0.3, 0.4) is 0 Å². The second kappa shape index (κ2) is 6.48. The van der Waals surface area contributed by atoms with E-state index in [0.29, 0.717) is 19.5 Å². The maximum absolute atomic E-state index is 12.1. The number of nitrogens with one attached hydrogen (secondary N) is 1. The topological polar surface area (TPSA) is 49.4 Å². The van der Waals surface area contributed by atoms with E-state index in [1.165, 1.54) is 0 Å². The van der Waals surface area contributed by atoms with Gasteiger partial charge in [-0.2, -0.15) is 0 Å². The summed E-state index contributed by atoms with van der Waals surface area (Å²) in [5.74, 6) is 0.135. The van der Waals surface area contributed by atoms with Crippen molar-refractivity contribution in [1.29, 1.82) is 0 Å². The summed E-state index contributed by atoms with van der Waals surface area (Å²) >= 11 is 0. The Labute approximate surface area is 113 Å². The average Bonchev–Trinajstić information content (AvgIpc) is 2.55. The molecule has 102 valence electrons. The first kappa shape index (κ1) is 13.7. The van der Waals surface area contributed by atoms with E-state index in [1.807, 2.05) is 35.2 Å². The van der Waals surface area contributed by atoms with Gasteiger partial charge in [0.2, 0.25) is 5.91 Å². The van der Waals surface area contributed by atoms with Crippen molar-refractivity contribution in [3.05, 3.63) is 35.9 Å². The lowest BCUT2D eigenvalue weighted by atomic mass is 10.0. The van der Waals surface area contributed by atoms with Crippen LogP contribution in [-0.2, 0) is 16.0 Å². The summed E-state index contributed by atoms with van der Waals surface area (Å²) in [5.41, 5.74) is 1.12. The van der Waals surface area contributed by atoms with Crippen LogP contribution in [0.1, 0.15) is 18.9 Å². The Hall–Kier alpha value is -1.68. The standard InChI is InChI=1S/C15H20N2O2/c1-12(18)11-17-9-5-8-16-15(19)14(17)10-13-6-3-2-4-7-13/h2-4,6-7,14H,5,8-11H2,1H3,(H,16,19). The SMILES string of the molecule is CC(=O)CN1CCCNC(=O)C1Cc1ccccc1. The Bertz CT molecular complexity index is 445. The molecular weight excluding hydrogens is 240 g/mol. The van der Waals surface area contributed by atoms with Crippen LogP contribution in [0.25, 0.3) is 0 Å². The Morgan fingerprint density at radius 2 is 2.11 bits per heavy atom. The molecule has 0 radical (unpaired) electrons. The lowest BCUT2D eigenvalue weighted by Crippen LogP contribution is -2.47. The molecule has 1 atom stereocenters. The summed E-state index contributed by atoms with van der Waals surface area (Å²) < 4.78 is 0. The number of nitrogens with zero attached hydrogens (tertiary/aromatic N) is 1. The zero-order valence-corrected chi connectivity index (χ0v) is 11.3. The maximum Gasteiger partial charge on any atom is 0.237 e. The molecule has 0 spiro atoms. The molecule has 0 aliphatic carbocycles. The number of benzene rings is 1. The molecule has 1 aliphatic heterocycles. The highest BCUT2D eigenvalue weighted by Crippen LogP contribution is 2.12. The molecule has 0 bridgehead atoms. The van der Waals surface area contributed by atoms with Gasteiger partial charge in [-0.3, -0.25) is 14.5 Å². The molecule has 1 aliphatic rings. The number of hydrogen-bond acceptors (Lipinski definition) is 3. The van der Waals surface area contributed by atoms with Crippen LogP contribution >= 0.6 is 0 Å². The molecule has 4 heteroatoms. The molecule has 1 aromatic rings. The summed E-state index contributed by atoms with van der Waals surface area (Å²) in [4.78, 5) is 25.5. The van der Waals surface area contributed by atoms with Gasteiger partial charge in [0.15, 0.2) is 0 Å². The van der Waals surface area contributed by atoms with E-state index >= 15 is 0 Å². The van der Waals surface area contributed by atoms with Crippen molar-refractivity contribution >= 4 is 11.7 Å². The van der Waals surface area contributed by atoms with E-state index in [-0.39, 0.29) is 17.7 Å². The Morgan fingerprint density at radius 1 is 1.37 bits per heavy atom. The monoisotopic (exact) mass is 260 g/mol. The minimum absolute atomic E-state index is 0.0302. The molecule has 1 unspecified atom stereocenters. The molecule has 1 saturated heterocycles. The highest BCUT2D eigenvalue weighted by molar-refractivity contribution is 5.84. The Balaban J connectivity index is 2.14. The van der Waals surface area contributed by atoms with E-state index in [9.17, 15) is 9.59 Å². The quantitative estimate of drug-likeness (QED) is 0.879. The van der Waals surface area contributed by atoms with Crippen LogP contribution in [0.5, 0.6) is 0 Å². The predicted octanol–water partition coefficient (Wildman–Crippen LogP) is 1.01. The molecule has 4 nitrogen and oxygen atoms in total. The van der Waals surface area contributed by atoms with Gasteiger partial charge in [0.25, 0.3) is 0 Å². The van der Waals surface area contributed by atoms with Crippen molar-refractivity contribution in [3.63, 3.8) is 0 Å². The third-order valence-corrected chi connectivity index (χ3v) is 3.36. The van der Waals surface area contributed by atoms with Gasteiger partial charge in [0.05, 0.1) is 12.6 Å². The van der Waals surface area contributed by atoms with Crippen LogP contribution in [0.4, 0.5) is 0 Å². The summed E-state index contributed by atoms with van der Waals surface area (Å²) in [7, 11) is 0. The van der Waals surface area contributed by atoms with Crippen molar-refractivity contribution in [3.8, 4) is 0 Å². The normalized spacial score (nSPS) is 20.7. The molecule has 1 amide bonds. The van der Waals surface area contributed by atoms with Crippen molar-refractivity contribution in [2.24, 2.45) is 0 Å². The van der Waals surface area contributed by atoms with E-state index in [2.05, 4.69) is 5.32 Å². The lowest BCUT2D eigenvalue weighted by Gasteiger charge is -2.27. The van der Waals surface area contributed by atoms with E-state index in [4.69, 9.17) is 0 Å². The van der Waals surface area contributed by atoms with E-state index < -0.39 is 0 Å². The van der Waals surface area contributed by atoms with Crippen molar-refractivity contribution < 1.29 is 9.59 Å². The first-order valence-electron chi connectivity index (χ1n) is 6.72. The van der Waals surface area contributed by atoms with Crippen LogP contribution < -0.4 is 5.32 Å². The van der Waals surface area contributed by atoms with Crippen molar-refractivity contribution in [2.75, 3.05) is 19.6 Å². The highest BCUT2D eigenvalue weighted by atomic mass is 16.2. The fourth-order valence-corrected chi connectivity index (χ4v) is 2.47. The number of Topliss-reactive ketones (excluding diaryl/α,β-unsaturated/α-hetero) is 1. The second-order valence-corrected chi connectivity index (χ2v) is 5.02. The van der Waals surface area contributed by atoms with Crippen LogP contribution in [0, 0.1) is 0 Å². The molecule has 19 heavy (non-hydrogen) atoms. The Kier molecular flexibility index (Phi) is 4.68. The number of amides is 1. The Morgan fingerprint density at radius 3 is 2.79 bits per heavy atom. The first-order valence-corrected chi connectivity index (χ1v) is 6.72. The zero-order chi connectivity index (χ0) is 13.7. The summed E-state index contributed by atoms with van der Waals surface area (Å²) in [6.07, 6.45) is 1.55. The number of hydrogen-bond donors (Lipinski definition) is 1. The van der Waals surface area contributed by atoms with Gasteiger partial charge in [-0.05, 0) is 25.3 Å². The highest BCUT2D eigenvalue weighted by Gasteiger charge is 2.28. The summed E-state index contributed by atoms with van der Waals surface area (Å²) in [5, 5.41) is 2.93. The number of ketones is 1. The fourth-order valence-electron chi connectivity index (χ4n) is 2.47. The van der Waals surface area contributed by atoms with Gasteiger partial charge in [-0.25, -0.2) is 0 Å². The lowest BCUT2D eigenvalue weighted by molar-refractivity contribution is -0.126. The van der Waals surface area contributed by atoms with Gasteiger partial charge in [-0.1, -0.05) is 30.3 Å². The smallest absolute Gasteiger partial charge is 0.237 e. The largest absolute Gasteiger partial charge is 0.355 e. The zero-order valence-electron chi connectivity index (χ0n) is 11.3. The van der Waals surface area contributed by atoms with Crippen LogP contribution in [0.15, 0.2) is 30.3 Å². The van der Waals surface area contributed by atoms with Crippen molar-refractivity contribution in [1.82, 2.24) is 10.2 Å². The maximum atomic E-state index is 12.1. The second-order valence-electron chi connectivity index (χ2n) is 5.02. The predicted molar refractivity (Wildman–Crippen MR) is 73.8 cm³/mol. The van der Waals surface area contributed by atoms with E-state index in [0.717, 1.165) is 18.5 Å². The average molecular weight is 260 g/mol. The minimum Gasteiger partial charge on any atom is -0.355 e. The molecule has 2 rings (SSSR count). The van der Waals surface area contributed by atoms with Crippen molar-refractivity contribution in [2.45, 2.75) is 25.8 Å². The fraction of sp³-hybridized carbons (Fsp3) is 0.467. The molecular formula is C15H20N2O2. The number of carbonyl (C=O) groups excluding carboxylic acids is 2. The van der Waals surface area contributed by atoms with Gasteiger partial charge >= 0.3 is 0 Å². The molecule has 1 aromatic carbocycles. The third kappa shape index (κ3) is 3.89. The van der Waals surface area contributed by atoms with Gasteiger partial charge in [0.1, 0.15) is 5.78 Å². The van der Waals surface area contributed by atoms with Crippen LogP contribution in [0.2, 0.25) is 0 Å². The first-order chi connectivity index (χ1) is 9.16. The molecule has 1 heterocycles. The molecule has 0 saturated carbocycles. The third-order valence-electron chi connectivity index (χ3n) is 3.36. The number of rotatable bonds is 4. The number of carbonyl (C=O) groups is 2. The molecule has 1 fully saturated rings. The van der Waals surface area contributed by atoms with Gasteiger partial charge < -0.3 is 5.32 Å². The van der Waals surface area contributed by atoms with Gasteiger partial charge in [0, 0.05) is 13.1 Å². The summed E-state index contributed by atoms with van der Waals surface area (Å²) in [6, 6.07) is 9.70. The molecule has 1 N–H and O–H groups in total. The van der Waals surface area contributed by atoms with Crippen LogP contribution in [-0.4, -0.2) is 42.3 Å². The minimum atomic E-state index is -0.242. The molecule has 0 aromatic heterocycles. The summed E-state index contributed by atoms with van der Waals surface area (Å²) in [6.45, 7) is 3.40. The van der Waals surface area contributed by atoms with Gasteiger partial charge in [-0.15, -0.1) is 0 Å². The van der Waals surface area contributed by atoms with E-state index in [1.54, 1.807) is 6.92 Å².